The van der Waals surface area contributed by atoms with Crippen molar-refractivity contribution >= 4 is 27.3 Å². The Labute approximate surface area is 111 Å². The second kappa shape index (κ2) is 8.23. The molecule has 4 heteroatoms. The molecule has 0 aromatic carbocycles. The lowest BCUT2D eigenvalue weighted by atomic mass is 10.2. The molecule has 0 spiro atoms. The summed E-state index contributed by atoms with van der Waals surface area (Å²) in [6.07, 6.45) is 5.02. The van der Waals surface area contributed by atoms with Crippen molar-refractivity contribution in [3.63, 3.8) is 0 Å². The van der Waals surface area contributed by atoms with Gasteiger partial charge in [0.15, 0.2) is 0 Å². The van der Waals surface area contributed by atoms with Crippen molar-refractivity contribution in [1.82, 2.24) is 4.90 Å². The van der Waals surface area contributed by atoms with Crippen LogP contribution in [-0.2, 0) is 6.54 Å². The second-order valence-electron chi connectivity index (χ2n) is 4.17. The number of nitrogens with two attached hydrogens (primary N) is 1. The minimum Gasteiger partial charge on any atom is -0.330 e. The summed E-state index contributed by atoms with van der Waals surface area (Å²) in [4.78, 5) is 3.82. The average Bonchev–Trinajstić information content (AvgIpc) is 2.63. The predicted octanol–water partition coefficient (Wildman–Crippen LogP) is 3.46. The molecule has 2 N–H and O–H groups in total. The fourth-order valence-electron chi connectivity index (χ4n) is 1.66. The molecule has 0 radical (unpaired) electrons. The van der Waals surface area contributed by atoms with Crippen LogP contribution in [0.5, 0.6) is 0 Å². The number of nitrogens with zero attached hydrogens (tertiary/aromatic N) is 1. The summed E-state index contributed by atoms with van der Waals surface area (Å²) in [5.41, 5.74) is 5.46. The topological polar surface area (TPSA) is 29.3 Å². The van der Waals surface area contributed by atoms with Crippen LogP contribution >= 0.6 is 27.3 Å². The highest BCUT2D eigenvalue weighted by molar-refractivity contribution is 9.10. The maximum absolute atomic E-state index is 5.46. The molecular formula is C12H21BrN2S. The Morgan fingerprint density at radius 1 is 1.31 bits per heavy atom. The van der Waals surface area contributed by atoms with E-state index in [9.17, 15) is 0 Å². The van der Waals surface area contributed by atoms with E-state index in [4.69, 9.17) is 5.73 Å². The Morgan fingerprint density at radius 2 is 2.06 bits per heavy atom. The molecule has 92 valence electrons. The van der Waals surface area contributed by atoms with E-state index in [1.165, 1.54) is 41.6 Å². The molecule has 0 saturated heterocycles. The lowest BCUT2D eigenvalue weighted by Gasteiger charge is -2.15. The zero-order chi connectivity index (χ0) is 11.8. The van der Waals surface area contributed by atoms with E-state index in [2.05, 4.69) is 39.3 Å². The highest BCUT2D eigenvalue weighted by Crippen LogP contribution is 2.20. The van der Waals surface area contributed by atoms with Crippen molar-refractivity contribution in [3.05, 3.63) is 20.8 Å². The van der Waals surface area contributed by atoms with Crippen molar-refractivity contribution in [2.75, 3.05) is 20.1 Å². The van der Waals surface area contributed by atoms with Gasteiger partial charge in [0.25, 0.3) is 0 Å². The van der Waals surface area contributed by atoms with Crippen LogP contribution in [0.3, 0.4) is 0 Å². The SMILES string of the molecule is CN(CCCCCCN)Cc1cc(Br)cs1. The normalized spacial score (nSPS) is 11.2. The number of hydrogen-bond acceptors (Lipinski definition) is 3. The Kier molecular flexibility index (Phi) is 7.28. The van der Waals surface area contributed by atoms with Gasteiger partial charge in [-0.1, -0.05) is 12.8 Å². The summed E-state index contributed by atoms with van der Waals surface area (Å²) in [5, 5.41) is 2.14. The Bertz CT molecular complexity index is 288. The van der Waals surface area contributed by atoms with Gasteiger partial charge in [-0.05, 0) is 55.0 Å². The first-order valence-electron chi connectivity index (χ1n) is 5.84. The van der Waals surface area contributed by atoms with Gasteiger partial charge >= 0.3 is 0 Å². The van der Waals surface area contributed by atoms with Crippen LogP contribution in [0.1, 0.15) is 30.6 Å². The van der Waals surface area contributed by atoms with E-state index < -0.39 is 0 Å². The van der Waals surface area contributed by atoms with Gasteiger partial charge in [0.1, 0.15) is 0 Å². The third-order valence-corrected chi connectivity index (χ3v) is 4.22. The molecule has 0 aliphatic rings. The van der Waals surface area contributed by atoms with Gasteiger partial charge in [0, 0.05) is 21.3 Å². The highest BCUT2D eigenvalue weighted by Gasteiger charge is 2.02. The smallest absolute Gasteiger partial charge is 0.0325 e. The summed E-state index contributed by atoms with van der Waals surface area (Å²) < 4.78 is 1.20. The molecule has 16 heavy (non-hydrogen) atoms. The molecule has 0 aliphatic heterocycles. The first-order valence-corrected chi connectivity index (χ1v) is 7.51. The molecule has 2 nitrogen and oxygen atoms in total. The standard InChI is InChI=1S/C12H21BrN2S/c1-15(7-5-3-2-4-6-14)9-12-8-11(13)10-16-12/h8,10H,2-7,9,14H2,1H3. The van der Waals surface area contributed by atoms with Crippen LogP contribution in [-0.4, -0.2) is 25.0 Å². The van der Waals surface area contributed by atoms with Crippen molar-refractivity contribution in [2.24, 2.45) is 5.73 Å². The van der Waals surface area contributed by atoms with Crippen molar-refractivity contribution in [1.29, 1.82) is 0 Å². The molecule has 0 amide bonds. The van der Waals surface area contributed by atoms with Crippen LogP contribution in [0.4, 0.5) is 0 Å². The summed E-state index contributed by atoms with van der Waals surface area (Å²) in [6.45, 7) is 3.08. The largest absolute Gasteiger partial charge is 0.330 e. The van der Waals surface area contributed by atoms with Gasteiger partial charge in [-0.15, -0.1) is 11.3 Å². The van der Waals surface area contributed by atoms with Crippen molar-refractivity contribution < 1.29 is 0 Å². The van der Waals surface area contributed by atoms with Crippen molar-refractivity contribution in [3.8, 4) is 0 Å². The number of hydrogen-bond donors (Lipinski definition) is 1. The zero-order valence-corrected chi connectivity index (χ0v) is 12.3. The number of rotatable bonds is 8. The quantitative estimate of drug-likeness (QED) is 0.745. The number of unbranched alkanes of at least 4 members (excludes halogenated alkanes) is 3. The monoisotopic (exact) mass is 304 g/mol. The van der Waals surface area contributed by atoms with Crippen LogP contribution in [0.2, 0.25) is 0 Å². The molecule has 0 bridgehead atoms. The molecule has 1 heterocycles. The van der Waals surface area contributed by atoms with E-state index in [0.29, 0.717) is 0 Å². The first-order chi connectivity index (χ1) is 7.72. The molecule has 0 saturated carbocycles. The van der Waals surface area contributed by atoms with E-state index in [1.807, 2.05) is 11.3 Å². The minimum absolute atomic E-state index is 0.832. The van der Waals surface area contributed by atoms with Gasteiger partial charge in [0.05, 0.1) is 0 Å². The molecule has 0 unspecified atom stereocenters. The maximum Gasteiger partial charge on any atom is 0.0325 e. The van der Waals surface area contributed by atoms with Crippen LogP contribution in [0, 0.1) is 0 Å². The minimum atomic E-state index is 0.832. The lowest BCUT2D eigenvalue weighted by molar-refractivity contribution is 0.319. The van der Waals surface area contributed by atoms with Gasteiger partial charge in [-0.2, -0.15) is 0 Å². The fourth-order valence-corrected chi connectivity index (χ4v) is 3.19. The Balaban J connectivity index is 2.09. The Morgan fingerprint density at radius 3 is 2.69 bits per heavy atom. The number of halogens is 1. The molecule has 1 rings (SSSR count). The first kappa shape index (κ1) is 14.2. The van der Waals surface area contributed by atoms with Gasteiger partial charge < -0.3 is 10.6 Å². The predicted molar refractivity (Wildman–Crippen MR) is 75.9 cm³/mol. The molecule has 0 fully saturated rings. The summed E-state index contributed by atoms with van der Waals surface area (Å²) >= 11 is 5.30. The zero-order valence-electron chi connectivity index (χ0n) is 9.92. The van der Waals surface area contributed by atoms with E-state index in [1.54, 1.807) is 0 Å². The van der Waals surface area contributed by atoms with Gasteiger partial charge in [-0.3, -0.25) is 0 Å². The molecule has 0 aliphatic carbocycles. The van der Waals surface area contributed by atoms with Crippen LogP contribution in [0.25, 0.3) is 0 Å². The molecule has 0 atom stereocenters. The third kappa shape index (κ3) is 5.99. The summed E-state index contributed by atoms with van der Waals surface area (Å²) in [6, 6.07) is 2.20. The van der Waals surface area contributed by atoms with Crippen LogP contribution < -0.4 is 5.73 Å². The third-order valence-electron chi connectivity index (χ3n) is 2.54. The highest BCUT2D eigenvalue weighted by atomic mass is 79.9. The lowest BCUT2D eigenvalue weighted by Crippen LogP contribution is -2.18. The number of thiophene rings is 1. The fraction of sp³-hybridized carbons (Fsp3) is 0.667. The second-order valence-corrected chi connectivity index (χ2v) is 6.08. The summed E-state index contributed by atoms with van der Waals surface area (Å²) in [5.74, 6) is 0. The maximum atomic E-state index is 5.46. The molecule has 1 aromatic heterocycles. The van der Waals surface area contributed by atoms with E-state index in [-0.39, 0.29) is 0 Å². The summed E-state index contributed by atoms with van der Waals surface area (Å²) in [7, 11) is 2.19. The average molecular weight is 305 g/mol. The van der Waals surface area contributed by atoms with Gasteiger partial charge in [0.2, 0.25) is 0 Å². The molecular weight excluding hydrogens is 284 g/mol. The molecule has 1 aromatic rings. The van der Waals surface area contributed by atoms with E-state index in [0.717, 1.165) is 13.1 Å². The van der Waals surface area contributed by atoms with Crippen LogP contribution in [0.15, 0.2) is 15.9 Å². The van der Waals surface area contributed by atoms with Crippen molar-refractivity contribution in [2.45, 2.75) is 32.2 Å². The van der Waals surface area contributed by atoms with E-state index >= 15 is 0 Å². The Hall–Kier alpha value is 0.1000. The van der Waals surface area contributed by atoms with Gasteiger partial charge in [-0.25, -0.2) is 0 Å².